The highest BCUT2D eigenvalue weighted by Gasteiger charge is 2.22. The van der Waals surface area contributed by atoms with Crippen LogP contribution in [0.1, 0.15) is 97.3 Å². The molecule has 8 nitrogen and oxygen atoms in total. The normalized spacial score (nSPS) is 13.7. The van der Waals surface area contributed by atoms with E-state index in [2.05, 4.69) is 67.0 Å². The molecule has 0 heterocycles. The summed E-state index contributed by atoms with van der Waals surface area (Å²) in [4.78, 5) is 42.4. The van der Waals surface area contributed by atoms with E-state index in [9.17, 15) is 14.2 Å². The van der Waals surface area contributed by atoms with Crippen LogP contribution in [0.2, 0.25) is 0 Å². The standard InChI is InChI=1S/C34H53O8P/c1-3-5-7-9-11-13-15-17-19-21-23-25-27-29-34(36)42-32(31-41-43(37,38)39)30-40-33(35)28-26-24-22-20-18-16-14-12-10-8-6-4-2/h5-9,11-15,17-20,32H,3-4,10,16,21-31H2,1-2H3,(H2,37,38,39)/b7-5+,8-6+,11-9+,14-12+,15-13+,19-17+,20-18+. The number of carbonyl (C=O) groups is 2. The zero-order valence-electron chi connectivity index (χ0n) is 26.1. The molecule has 0 aliphatic heterocycles. The van der Waals surface area contributed by atoms with Crippen molar-refractivity contribution in [2.75, 3.05) is 13.2 Å². The van der Waals surface area contributed by atoms with Crippen molar-refractivity contribution in [3.8, 4) is 0 Å². The molecule has 9 heteroatoms. The van der Waals surface area contributed by atoms with Gasteiger partial charge in [0.15, 0.2) is 6.10 Å². The minimum Gasteiger partial charge on any atom is -0.462 e. The van der Waals surface area contributed by atoms with E-state index >= 15 is 0 Å². The van der Waals surface area contributed by atoms with Crippen LogP contribution < -0.4 is 0 Å². The number of unbranched alkanes of at least 4 members (excludes halogenated alkanes) is 5. The number of hydrogen-bond acceptors (Lipinski definition) is 6. The summed E-state index contributed by atoms with van der Waals surface area (Å²) < 4.78 is 26.1. The maximum atomic E-state index is 12.3. The lowest BCUT2D eigenvalue weighted by Gasteiger charge is -2.18. The molecule has 1 unspecified atom stereocenters. The number of allylic oxidation sites excluding steroid dienone is 14. The van der Waals surface area contributed by atoms with E-state index in [4.69, 9.17) is 19.3 Å². The molecule has 2 N–H and O–H groups in total. The molecular formula is C34H53O8P. The largest absolute Gasteiger partial charge is 0.469 e. The second kappa shape index (κ2) is 29.3. The Bertz CT molecular complexity index is 969. The van der Waals surface area contributed by atoms with Gasteiger partial charge in [-0.25, -0.2) is 4.57 Å². The Morgan fingerprint density at radius 3 is 1.84 bits per heavy atom. The van der Waals surface area contributed by atoms with Gasteiger partial charge in [0.2, 0.25) is 0 Å². The van der Waals surface area contributed by atoms with Gasteiger partial charge in [-0.2, -0.15) is 0 Å². The highest BCUT2D eigenvalue weighted by Crippen LogP contribution is 2.35. The molecule has 43 heavy (non-hydrogen) atoms. The summed E-state index contributed by atoms with van der Waals surface area (Å²) in [5.41, 5.74) is 0. The van der Waals surface area contributed by atoms with E-state index in [1.165, 1.54) is 0 Å². The fourth-order valence-electron chi connectivity index (χ4n) is 3.51. The molecule has 0 radical (unpaired) electrons. The maximum absolute atomic E-state index is 12.3. The Morgan fingerprint density at radius 1 is 0.628 bits per heavy atom. The minimum atomic E-state index is -4.77. The third-order valence-electron chi connectivity index (χ3n) is 5.75. The highest BCUT2D eigenvalue weighted by molar-refractivity contribution is 7.46. The SMILES string of the molecule is CC/C=C/C=C/C=C/C=C/CCCCCC(=O)OC(COC(=O)CCCC/C=C/C/C=C/C/C=C/CC)COP(=O)(O)O. The van der Waals surface area contributed by atoms with Crippen molar-refractivity contribution in [3.63, 3.8) is 0 Å². The number of hydrogen-bond donors (Lipinski definition) is 2. The summed E-state index contributed by atoms with van der Waals surface area (Å²) in [6, 6.07) is 0. The lowest BCUT2D eigenvalue weighted by Crippen LogP contribution is -2.29. The van der Waals surface area contributed by atoms with Gasteiger partial charge in [0.25, 0.3) is 0 Å². The molecule has 0 bridgehead atoms. The number of phosphoric ester groups is 1. The molecule has 1 atom stereocenters. The van der Waals surface area contributed by atoms with Crippen LogP contribution in [0.25, 0.3) is 0 Å². The highest BCUT2D eigenvalue weighted by atomic mass is 31.2. The van der Waals surface area contributed by atoms with E-state index in [1.807, 2.05) is 36.5 Å². The van der Waals surface area contributed by atoms with Gasteiger partial charge in [0, 0.05) is 12.8 Å². The van der Waals surface area contributed by atoms with Crippen molar-refractivity contribution in [3.05, 3.63) is 85.1 Å². The number of ether oxygens (including phenoxy) is 2. The van der Waals surface area contributed by atoms with Crippen LogP contribution in [0.3, 0.4) is 0 Å². The second-order valence-corrected chi connectivity index (χ2v) is 11.0. The van der Waals surface area contributed by atoms with Crippen molar-refractivity contribution in [2.45, 2.75) is 103 Å². The molecule has 0 spiro atoms. The van der Waals surface area contributed by atoms with E-state index in [0.717, 1.165) is 57.8 Å². The average molecular weight is 621 g/mol. The lowest BCUT2D eigenvalue weighted by molar-refractivity contribution is -0.161. The van der Waals surface area contributed by atoms with Crippen molar-refractivity contribution in [1.82, 2.24) is 0 Å². The predicted octanol–water partition coefficient (Wildman–Crippen LogP) is 8.56. The van der Waals surface area contributed by atoms with Crippen LogP contribution in [0.15, 0.2) is 85.1 Å². The third kappa shape index (κ3) is 32.0. The molecular weight excluding hydrogens is 567 g/mol. The Morgan fingerprint density at radius 2 is 1.16 bits per heavy atom. The molecule has 0 saturated carbocycles. The predicted molar refractivity (Wildman–Crippen MR) is 174 cm³/mol. The smallest absolute Gasteiger partial charge is 0.462 e. The van der Waals surface area contributed by atoms with E-state index in [0.29, 0.717) is 12.8 Å². The van der Waals surface area contributed by atoms with Crippen molar-refractivity contribution < 1.29 is 37.9 Å². The fourth-order valence-corrected chi connectivity index (χ4v) is 3.87. The first-order chi connectivity index (χ1) is 20.8. The number of esters is 2. The van der Waals surface area contributed by atoms with E-state index < -0.39 is 32.5 Å². The summed E-state index contributed by atoms with van der Waals surface area (Å²) >= 11 is 0. The van der Waals surface area contributed by atoms with E-state index in [1.54, 1.807) is 0 Å². The zero-order chi connectivity index (χ0) is 31.9. The molecule has 0 aliphatic carbocycles. The fraction of sp³-hybridized carbons (Fsp3) is 0.529. The molecule has 0 aromatic carbocycles. The molecule has 0 fully saturated rings. The van der Waals surface area contributed by atoms with Gasteiger partial charge >= 0.3 is 19.8 Å². The van der Waals surface area contributed by atoms with Crippen LogP contribution in [0, 0.1) is 0 Å². The quantitative estimate of drug-likeness (QED) is 0.0325. The molecule has 0 rings (SSSR count). The van der Waals surface area contributed by atoms with E-state index in [-0.39, 0.29) is 19.4 Å². The van der Waals surface area contributed by atoms with Gasteiger partial charge in [-0.15, -0.1) is 0 Å². The molecule has 242 valence electrons. The molecule has 0 saturated heterocycles. The monoisotopic (exact) mass is 620 g/mol. The van der Waals surface area contributed by atoms with Crippen molar-refractivity contribution >= 4 is 19.8 Å². The zero-order valence-corrected chi connectivity index (χ0v) is 27.0. The van der Waals surface area contributed by atoms with Crippen LogP contribution in [0.4, 0.5) is 0 Å². The van der Waals surface area contributed by atoms with Crippen LogP contribution in [-0.4, -0.2) is 41.0 Å². The van der Waals surface area contributed by atoms with Crippen LogP contribution in [-0.2, 0) is 28.2 Å². The van der Waals surface area contributed by atoms with Crippen molar-refractivity contribution in [2.24, 2.45) is 0 Å². The number of rotatable bonds is 26. The topological polar surface area (TPSA) is 119 Å². The summed E-state index contributed by atoms with van der Waals surface area (Å²) in [5.74, 6) is -0.992. The van der Waals surface area contributed by atoms with Gasteiger partial charge < -0.3 is 19.3 Å². The minimum absolute atomic E-state index is 0.152. The Hall–Kier alpha value is -2.77. The summed E-state index contributed by atoms with van der Waals surface area (Å²) in [7, 11) is -4.77. The summed E-state index contributed by atoms with van der Waals surface area (Å²) in [6.07, 6.45) is 37.5. The summed E-state index contributed by atoms with van der Waals surface area (Å²) in [6.45, 7) is 3.30. The number of carbonyl (C=O) groups excluding carboxylic acids is 2. The first kappa shape index (κ1) is 40.2. The Balaban J connectivity index is 4.23. The first-order valence-corrected chi connectivity index (χ1v) is 17.0. The van der Waals surface area contributed by atoms with Gasteiger partial charge in [-0.3, -0.25) is 14.1 Å². The van der Waals surface area contributed by atoms with Crippen LogP contribution >= 0.6 is 7.82 Å². The van der Waals surface area contributed by atoms with Gasteiger partial charge in [-0.1, -0.05) is 105 Å². The molecule has 0 aliphatic rings. The lowest BCUT2D eigenvalue weighted by atomic mass is 10.1. The molecule has 0 amide bonds. The Labute approximate surface area is 259 Å². The average Bonchev–Trinajstić information content (AvgIpc) is 2.97. The Kier molecular flexibility index (Phi) is 27.4. The first-order valence-electron chi connectivity index (χ1n) is 15.4. The van der Waals surface area contributed by atoms with Crippen LogP contribution in [0.5, 0.6) is 0 Å². The van der Waals surface area contributed by atoms with Gasteiger partial charge in [0.1, 0.15) is 6.61 Å². The van der Waals surface area contributed by atoms with Crippen molar-refractivity contribution in [1.29, 1.82) is 0 Å². The number of phosphoric acid groups is 1. The van der Waals surface area contributed by atoms with Gasteiger partial charge in [0.05, 0.1) is 6.61 Å². The molecule has 0 aromatic rings. The maximum Gasteiger partial charge on any atom is 0.469 e. The molecule has 0 aromatic heterocycles. The second-order valence-electron chi connectivity index (χ2n) is 9.75. The van der Waals surface area contributed by atoms with Gasteiger partial charge in [-0.05, 0) is 64.2 Å². The summed E-state index contributed by atoms with van der Waals surface area (Å²) in [5, 5.41) is 0. The third-order valence-corrected chi connectivity index (χ3v) is 6.24.